The minimum atomic E-state index is 0.581. The molecule has 0 saturated carbocycles. The highest BCUT2D eigenvalue weighted by Crippen LogP contribution is 2.21. The normalized spacial score (nSPS) is 11.1. The van der Waals surface area contributed by atoms with Crippen LogP contribution in [0, 0.1) is 0 Å². The maximum Gasteiger partial charge on any atom is 0.132 e. The van der Waals surface area contributed by atoms with Gasteiger partial charge in [-0.2, -0.15) is 0 Å². The third kappa shape index (κ3) is 1.65. The monoisotopic (exact) mass is 273 g/mol. The van der Waals surface area contributed by atoms with Crippen molar-refractivity contribution in [1.82, 2.24) is 9.38 Å². The van der Waals surface area contributed by atoms with Gasteiger partial charge in [-0.1, -0.05) is 11.6 Å². The summed E-state index contributed by atoms with van der Waals surface area (Å²) in [5.41, 5.74) is 6.51. The van der Waals surface area contributed by atoms with Gasteiger partial charge in [-0.05, 0) is 34.6 Å². The molecule has 0 radical (unpaired) electrons. The number of imidazole rings is 1. The number of nitrogens with two attached hydrogens (primary N) is 1. The van der Waals surface area contributed by atoms with Crippen LogP contribution in [0.2, 0.25) is 5.02 Å². The Hall–Kier alpha value is -0.580. The molecule has 0 atom stereocenters. The van der Waals surface area contributed by atoms with Gasteiger partial charge >= 0.3 is 0 Å². The van der Waals surface area contributed by atoms with Crippen molar-refractivity contribution in [2.45, 2.75) is 6.42 Å². The summed E-state index contributed by atoms with van der Waals surface area (Å²) in [4.78, 5) is 4.36. The van der Waals surface area contributed by atoms with Crippen LogP contribution in [0.4, 0.5) is 0 Å². The van der Waals surface area contributed by atoms with E-state index in [-0.39, 0.29) is 0 Å². The number of aromatic nitrogens is 2. The lowest BCUT2D eigenvalue weighted by molar-refractivity contribution is 0.861. The Morgan fingerprint density at radius 2 is 2.29 bits per heavy atom. The van der Waals surface area contributed by atoms with E-state index in [1.54, 1.807) is 0 Å². The number of nitrogens with zero attached hydrogens (tertiary/aromatic N) is 2. The molecule has 0 aromatic carbocycles. The van der Waals surface area contributed by atoms with E-state index in [1.165, 1.54) is 0 Å². The molecule has 2 heterocycles. The number of hydrogen-bond acceptors (Lipinski definition) is 2. The van der Waals surface area contributed by atoms with Crippen molar-refractivity contribution in [3.05, 3.63) is 33.8 Å². The second kappa shape index (κ2) is 3.88. The first-order valence-electron chi connectivity index (χ1n) is 4.24. The SMILES string of the molecule is NCCc1nc(Br)c2ccc(Cl)cn12. The molecular weight excluding hydrogens is 265 g/mol. The van der Waals surface area contributed by atoms with Crippen LogP contribution in [0.1, 0.15) is 5.82 Å². The van der Waals surface area contributed by atoms with Crippen LogP contribution in [0.5, 0.6) is 0 Å². The Morgan fingerprint density at radius 3 is 3.00 bits per heavy atom. The molecule has 0 fully saturated rings. The molecule has 0 amide bonds. The van der Waals surface area contributed by atoms with Crippen LogP contribution in [0.15, 0.2) is 22.9 Å². The summed E-state index contributed by atoms with van der Waals surface area (Å²) in [5.74, 6) is 0.928. The van der Waals surface area contributed by atoms with Crippen molar-refractivity contribution in [2.24, 2.45) is 5.73 Å². The number of rotatable bonds is 2. The Morgan fingerprint density at radius 1 is 1.50 bits per heavy atom. The van der Waals surface area contributed by atoms with Crippen LogP contribution >= 0.6 is 27.5 Å². The molecule has 2 rings (SSSR count). The van der Waals surface area contributed by atoms with E-state index >= 15 is 0 Å². The quantitative estimate of drug-likeness (QED) is 0.913. The van der Waals surface area contributed by atoms with Gasteiger partial charge in [-0.15, -0.1) is 0 Å². The zero-order valence-electron chi connectivity index (χ0n) is 7.37. The Balaban J connectivity index is 2.66. The van der Waals surface area contributed by atoms with E-state index in [9.17, 15) is 0 Å². The van der Waals surface area contributed by atoms with Gasteiger partial charge in [0.1, 0.15) is 10.4 Å². The molecule has 0 spiro atoms. The minimum absolute atomic E-state index is 0.581. The summed E-state index contributed by atoms with van der Waals surface area (Å²) in [6, 6.07) is 3.77. The molecule has 0 aliphatic heterocycles. The molecule has 5 heteroatoms. The number of pyridine rings is 1. The second-order valence-electron chi connectivity index (χ2n) is 2.96. The van der Waals surface area contributed by atoms with E-state index in [2.05, 4.69) is 20.9 Å². The molecule has 2 N–H and O–H groups in total. The van der Waals surface area contributed by atoms with Gasteiger partial charge < -0.3 is 10.1 Å². The number of halogens is 2. The maximum atomic E-state index is 5.90. The van der Waals surface area contributed by atoms with Crippen molar-refractivity contribution in [3.63, 3.8) is 0 Å². The first kappa shape index (κ1) is 9.96. The van der Waals surface area contributed by atoms with Gasteiger partial charge in [0.05, 0.1) is 10.5 Å². The summed E-state index contributed by atoms with van der Waals surface area (Å²) in [5, 5.41) is 0.695. The summed E-state index contributed by atoms with van der Waals surface area (Å²) in [6.45, 7) is 0.581. The van der Waals surface area contributed by atoms with Crippen molar-refractivity contribution < 1.29 is 0 Å². The summed E-state index contributed by atoms with van der Waals surface area (Å²) < 4.78 is 2.79. The summed E-state index contributed by atoms with van der Waals surface area (Å²) >= 11 is 9.30. The van der Waals surface area contributed by atoms with Crippen molar-refractivity contribution in [1.29, 1.82) is 0 Å². The predicted molar refractivity (Wildman–Crippen MR) is 60.7 cm³/mol. The van der Waals surface area contributed by atoms with E-state index in [0.29, 0.717) is 11.6 Å². The highest BCUT2D eigenvalue weighted by atomic mass is 79.9. The largest absolute Gasteiger partial charge is 0.330 e. The summed E-state index contributed by atoms with van der Waals surface area (Å²) in [6.07, 6.45) is 2.59. The van der Waals surface area contributed by atoms with E-state index in [1.807, 2.05) is 22.7 Å². The maximum absolute atomic E-state index is 5.90. The Bertz CT molecular complexity index is 466. The summed E-state index contributed by atoms with van der Waals surface area (Å²) in [7, 11) is 0. The smallest absolute Gasteiger partial charge is 0.132 e. The topological polar surface area (TPSA) is 43.3 Å². The van der Waals surface area contributed by atoms with E-state index < -0.39 is 0 Å². The fourth-order valence-corrected chi connectivity index (χ4v) is 2.07. The molecule has 14 heavy (non-hydrogen) atoms. The predicted octanol–water partition coefficient (Wildman–Crippen LogP) is 2.25. The molecule has 0 saturated heterocycles. The molecule has 3 nitrogen and oxygen atoms in total. The Labute approximate surface area is 95.0 Å². The first-order chi connectivity index (χ1) is 6.72. The molecule has 74 valence electrons. The van der Waals surface area contributed by atoms with E-state index in [4.69, 9.17) is 17.3 Å². The molecule has 0 aliphatic rings. The van der Waals surface area contributed by atoms with Gasteiger partial charge in [0.2, 0.25) is 0 Å². The average molecular weight is 275 g/mol. The first-order valence-corrected chi connectivity index (χ1v) is 5.41. The van der Waals surface area contributed by atoms with E-state index in [0.717, 1.165) is 22.4 Å². The third-order valence-corrected chi connectivity index (χ3v) is 2.80. The zero-order chi connectivity index (χ0) is 10.1. The lowest BCUT2D eigenvalue weighted by Crippen LogP contribution is -2.06. The zero-order valence-corrected chi connectivity index (χ0v) is 9.72. The molecular formula is C9H9BrClN3. The molecule has 0 unspecified atom stereocenters. The minimum Gasteiger partial charge on any atom is -0.330 e. The fourth-order valence-electron chi connectivity index (χ4n) is 1.39. The van der Waals surface area contributed by atoms with Gasteiger partial charge in [0, 0.05) is 12.6 Å². The van der Waals surface area contributed by atoms with Crippen molar-refractivity contribution in [2.75, 3.05) is 6.54 Å². The molecule has 2 aromatic heterocycles. The van der Waals surface area contributed by atoms with Crippen LogP contribution < -0.4 is 5.73 Å². The molecule has 2 aromatic rings. The molecule has 0 aliphatic carbocycles. The highest BCUT2D eigenvalue weighted by Gasteiger charge is 2.07. The lowest BCUT2D eigenvalue weighted by atomic mass is 10.4. The van der Waals surface area contributed by atoms with Gasteiger partial charge in [0.25, 0.3) is 0 Å². The number of hydrogen-bond donors (Lipinski definition) is 1. The van der Waals surface area contributed by atoms with Crippen molar-refractivity contribution in [3.8, 4) is 0 Å². The van der Waals surface area contributed by atoms with Crippen molar-refractivity contribution >= 4 is 33.0 Å². The third-order valence-electron chi connectivity index (χ3n) is 2.00. The van der Waals surface area contributed by atoms with Gasteiger partial charge in [-0.3, -0.25) is 0 Å². The van der Waals surface area contributed by atoms with Crippen LogP contribution in [-0.4, -0.2) is 15.9 Å². The van der Waals surface area contributed by atoms with Crippen LogP contribution in [0.3, 0.4) is 0 Å². The number of fused-ring (bicyclic) bond motifs is 1. The fraction of sp³-hybridized carbons (Fsp3) is 0.222. The van der Waals surface area contributed by atoms with Crippen LogP contribution in [0.25, 0.3) is 5.52 Å². The lowest BCUT2D eigenvalue weighted by Gasteiger charge is -1.99. The van der Waals surface area contributed by atoms with Gasteiger partial charge in [0.15, 0.2) is 0 Å². The second-order valence-corrected chi connectivity index (χ2v) is 4.15. The average Bonchev–Trinajstić information content (AvgIpc) is 2.44. The van der Waals surface area contributed by atoms with Gasteiger partial charge in [-0.25, -0.2) is 4.98 Å². The highest BCUT2D eigenvalue weighted by molar-refractivity contribution is 9.10. The standard InChI is InChI=1S/C9H9BrClN3/c10-9-7-2-1-6(11)5-14(7)8(13-9)3-4-12/h1-2,5H,3-4,12H2. The Kier molecular flexibility index (Phi) is 2.76. The molecule has 0 bridgehead atoms. The van der Waals surface area contributed by atoms with Crippen LogP contribution in [-0.2, 0) is 6.42 Å².